The predicted molar refractivity (Wildman–Crippen MR) is 127 cm³/mol. The smallest absolute Gasteiger partial charge is 0.247 e. The number of benzene rings is 2. The Morgan fingerprint density at radius 3 is 2.73 bits per heavy atom. The van der Waals surface area contributed by atoms with Gasteiger partial charge in [-0.15, -0.1) is 23.5 Å². The van der Waals surface area contributed by atoms with Crippen LogP contribution in [0.15, 0.2) is 54.7 Å². The molecule has 1 saturated heterocycles. The Morgan fingerprint density at radius 1 is 1.13 bits per heavy atom. The number of para-hydroxylation sites is 1. The molecule has 1 aliphatic rings. The van der Waals surface area contributed by atoms with Crippen molar-refractivity contribution in [2.24, 2.45) is 0 Å². The molecule has 1 atom stereocenters. The Kier molecular flexibility index (Phi) is 6.69. The molecule has 1 aliphatic heterocycles. The number of thioether (sulfide) groups is 2. The van der Waals surface area contributed by atoms with Crippen LogP contribution in [-0.4, -0.2) is 34.3 Å². The van der Waals surface area contributed by atoms with E-state index in [1.54, 1.807) is 0 Å². The van der Waals surface area contributed by atoms with E-state index in [2.05, 4.69) is 21.7 Å². The third-order valence-electron chi connectivity index (χ3n) is 5.05. The molecule has 30 heavy (non-hydrogen) atoms. The summed E-state index contributed by atoms with van der Waals surface area (Å²) in [7, 11) is 0. The van der Waals surface area contributed by atoms with Crippen molar-refractivity contribution in [3.05, 3.63) is 65.9 Å². The van der Waals surface area contributed by atoms with Crippen molar-refractivity contribution in [3.8, 4) is 0 Å². The summed E-state index contributed by atoms with van der Waals surface area (Å²) in [6.45, 7) is 1.44. The monoisotopic (exact) mass is 439 g/mol. The summed E-state index contributed by atoms with van der Waals surface area (Å²) >= 11 is 3.90. The van der Waals surface area contributed by atoms with E-state index in [1.807, 2.05) is 72.2 Å². The number of carbonyl (C=O) groups is 2. The molecule has 7 heteroatoms. The van der Waals surface area contributed by atoms with Gasteiger partial charge in [-0.3, -0.25) is 9.59 Å². The van der Waals surface area contributed by atoms with Gasteiger partial charge in [-0.05, 0) is 47.3 Å². The lowest BCUT2D eigenvalue weighted by molar-refractivity contribution is -0.125. The highest BCUT2D eigenvalue weighted by molar-refractivity contribution is 8.16. The zero-order valence-electron chi connectivity index (χ0n) is 16.8. The SMILES string of the molecule is CC(=O)NC(Cc1c[nH]c2ccccc12)C(=O)Nc1cccc(C2SCCCS2)c1. The molecule has 1 fully saturated rings. The van der Waals surface area contributed by atoms with Gasteiger partial charge in [0.05, 0.1) is 4.58 Å². The van der Waals surface area contributed by atoms with Crippen LogP contribution in [0.2, 0.25) is 0 Å². The summed E-state index contributed by atoms with van der Waals surface area (Å²) in [5, 5.41) is 6.88. The van der Waals surface area contributed by atoms with Crippen LogP contribution in [0.4, 0.5) is 5.69 Å². The molecule has 0 aliphatic carbocycles. The van der Waals surface area contributed by atoms with E-state index in [9.17, 15) is 9.59 Å². The fourth-order valence-electron chi connectivity index (χ4n) is 3.65. The second-order valence-electron chi connectivity index (χ2n) is 7.36. The number of H-pyrrole nitrogens is 1. The van der Waals surface area contributed by atoms with Gasteiger partial charge in [0.15, 0.2) is 0 Å². The maximum absolute atomic E-state index is 13.1. The maximum atomic E-state index is 13.1. The van der Waals surface area contributed by atoms with Crippen molar-refractivity contribution < 1.29 is 9.59 Å². The third-order valence-corrected chi connectivity index (χ3v) is 8.06. The molecule has 5 nitrogen and oxygen atoms in total. The summed E-state index contributed by atoms with van der Waals surface area (Å²) in [5.74, 6) is 1.91. The van der Waals surface area contributed by atoms with Crippen LogP contribution < -0.4 is 10.6 Å². The van der Waals surface area contributed by atoms with Crippen molar-refractivity contribution in [2.45, 2.75) is 30.4 Å². The number of anilines is 1. The van der Waals surface area contributed by atoms with E-state index in [0.717, 1.165) is 22.2 Å². The molecule has 156 valence electrons. The van der Waals surface area contributed by atoms with Crippen LogP contribution in [-0.2, 0) is 16.0 Å². The number of carbonyl (C=O) groups excluding carboxylic acids is 2. The fraction of sp³-hybridized carbons (Fsp3) is 0.304. The van der Waals surface area contributed by atoms with Gasteiger partial charge >= 0.3 is 0 Å². The van der Waals surface area contributed by atoms with Crippen molar-refractivity contribution in [3.63, 3.8) is 0 Å². The molecule has 0 spiro atoms. The Bertz CT molecular complexity index is 1040. The zero-order valence-corrected chi connectivity index (χ0v) is 18.4. The van der Waals surface area contributed by atoms with E-state index < -0.39 is 6.04 Å². The minimum atomic E-state index is -0.649. The molecular formula is C23H25N3O2S2. The van der Waals surface area contributed by atoms with Crippen molar-refractivity contribution in [1.82, 2.24) is 10.3 Å². The molecule has 4 rings (SSSR count). The average molecular weight is 440 g/mol. The Morgan fingerprint density at radius 2 is 1.93 bits per heavy atom. The molecular weight excluding hydrogens is 414 g/mol. The Balaban J connectivity index is 1.50. The molecule has 0 bridgehead atoms. The molecule has 2 amide bonds. The molecule has 3 aromatic rings. The van der Waals surface area contributed by atoms with Gasteiger partial charge in [0, 0.05) is 36.1 Å². The van der Waals surface area contributed by atoms with Gasteiger partial charge in [0.25, 0.3) is 0 Å². The Labute approximate surface area is 184 Å². The minimum absolute atomic E-state index is 0.211. The Hall–Kier alpha value is -2.38. The lowest BCUT2D eigenvalue weighted by atomic mass is 10.0. The van der Waals surface area contributed by atoms with Crippen LogP contribution in [0.3, 0.4) is 0 Å². The molecule has 1 unspecified atom stereocenters. The quantitative estimate of drug-likeness (QED) is 0.519. The molecule has 2 heterocycles. The van der Waals surface area contributed by atoms with Gasteiger partial charge < -0.3 is 15.6 Å². The molecule has 2 aromatic carbocycles. The number of hydrogen-bond acceptors (Lipinski definition) is 4. The fourth-order valence-corrected chi connectivity index (χ4v) is 6.52. The summed E-state index contributed by atoms with van der Waals surface area (Å²) < 4.78 is 0.410. The number of rotatable bonds is 6. The maximum Gasteiger partial charge on any atom is 0.247 e. The third kappa shape index (κ3) is 5.02. The second-order valence-corrected chi connectivity index (χ2v) is 10.1. The highest BCUT2D eigenvalue weighted by Crippen LogP contribution is 2.44. The number of aromatic nitrogens is 1. The van der Waals surface area contributed by atoms with Gasteiger partial charge in [0.1, 0.15) is 6.04 Å². The molecule has 1 aromatic heterocycles. The van der Waals surface area contributed by atoms with E-state index in [-0.39, 0.29) is 11.8 Å². The van der Waals surface area contributed by atoms with Crippen molar-refractivity contribution in [1.29, 1.82) is 0 Å². The molecule has 3 N–H and O–H groups in total. The number of nitrogens with one attached hydrogen (secondary N) is 3. The standard InChI is InChI=1S/C23H25N3O2S2/c1-15(27)25-21(13-17-14-24-20-9-3-2-8-19(17)20)22(28)26-18-7-4-6-16(12-18)23-29-10-5-11-30-23/h2-4,6-9,12,14,21,23-24H,5,10-11,13H2,1H3,(H,25,27)(H,26,28). The van der Waals surface area contributed by atoms with Gasteiger partial charge in [-0.2, -0.15) is 0 Å². The first kappa shape index (κ1) is 20.9. The van der Waals surface area contributed by atoms with Crippen LogP contribution in [0.5, 0.6) is 0 Å². The van der Waals surface area contributed by atoms with Crippen molar-refractivity contribution in [2.75, 3.05) is 16.8 Å². The van der Waals surface area contributed by atoms with E-state index in [1.165, 1.54) is 30.4 Å². The van der Waals surface area contributed by atoms with Crippen LogP contribution >= 0.6 is 23.5 Å². The lowest BCUT2D eigenvalue weighted by Gasteiger charge is -2.22. The first-order valence-corrected chi connectivity index (χ1v) is 12.2. The van der Waals surface area contributed by atoms with Gasteiger partial charge in [0.2, 0.25) is 11.8 Å². The van der Waals surface area contributed by atoms with Crippen LogP contribution in [0.25, 0.3) is 10.9 Å². The summed E-state index contributed by atoms with van der Waals surface area (Å²) in [6, 6.07) is 15.4. The van der Waals surface area contributed by atoms with Crippen LogP contribution in [0, 0.1) is 0 Å². The summed E-state index contributed by atoms with van der Waals surface area (Å²) in [6.07, 6.45) is 3.57. The van der Waals surface area contributed by atoms with Gasteiger partial charge in [-0.25, -0.2) is 0 Å². The highest BCUT2D eigenvalue weighted by Gasteiger charge is 2.22. The first-order valence-electron chi connectivity index (χ1n) is 10.1. The summed E-state index contributed by atoms with van der Waals surface area (Å²) in [4.78, 5) is 28.0. The molecule has 0 saturated carbocycles. The molecule has 0 radical (unpaired) electrons. The van der Waals surface area contributed by atoms with E-state index in [0.29, 0.717) is 11.0 Å². The number of aromatic amines is 1. The van der Waals surface area contributed by atoms with Gasteiger partial charge in [-0.1, -0.05) is 30.3 Å². The average Bonchev–Trinajstić information content (AvgIpc) is 3.17. The number of hydrogen-bond donors (Lipinski definition) is 3. The highest BCUT2D eigenvalue weighted by atomic mass is 32.2. The summed E-state index contributed by atoms with van der Waals surface area (Å²) in [5.41, 5.74) is 4.00. The van der Waals surface area contributed by atoms with Crippen molar-refractivity contribution >= 4 is 51.9 Å². The topological polar surface area (TPSA) is 74.0 Å². The zero-order chi connectivity index (χ0) is 20.9. The second kappa shape index (κ2) is 9.62. The minimum Gasteiger partial charge on any atom is -0.361 e. The van der Waals surface area contributed by atoms with Crippen LogP contribution in [0.1, 0.15) is 29.1 Å². The number of fused-ring (bicyclic) bond motifs is 1. The number of amides is 2. The first-order chi connectivity index (χ1) is 14.6. The lowest BCUT2D eigenvalue weighted by Crippen LogP contribution is -2.44. The van der Waals surface area contributed by atoms with E-state index >= 15 is 0 Å². The largest absolute Gasteiger partial charge is 0.361 e. The predicted octanol–water partition coefficient (Wildman–Crippen LogP) is 4.72. The van der Waals surface area contributed by atoms with E-state index in [4.69, 9.17) is 0 Å². The normalized spacial score (nSPS) is 15.6.